The van der Waals surface area contributed by atoms with Crippen LogP contribution in [-0.4, -0.2) is 18.5 Å². The fourth-order valence-electron chi connectivity index (χ4n) is 2.98. The van der Waals surface area contributed by atoms with E-state index in [-0.39, 0.29) is 12.5 Å². The summed E-state index contributed by atoms with van der Waals surface area (Å²) >= 11 is 1.73. The highest BCUT2D eigenvalue weighted by atomic mass is 32.2. The van der Waals surface area contributed by atoms with Crippen LogP contribution in [0.4, 0.5) is 5.69 Å². The number of amides is 1. The Hall–Kier alpha value is -3.05. The summed E-state index contributed by atoms with van der Waals surface area (Å²) in [5.41, 5.74) is 2.84. The van der Waals surface area contributed by atoms with Crippen molar-refractivity contribution < 1.29 is 14.3 Å². The summed E-state index contributed by atoms with van der Waals surface area (Å²) in [5.74, 6) is -0.871. The van der Waals surface area contributed by atoms with Gasteiger partial charge in [-0.1, -0.05) is 60.7 Å². The van der Waals surface area contributed by atoms with Gasteiger partial charge in [-0.3, -0.25) is 9.59 Å². The van der Waals surface area contributed by atoms with E-state index in [9.17, 15) is 9.59 Å². The lowest BCUT2D eigenvalue weighted by molar-refractivity contribution is -0.150. The minimum atomic E-state index is -0.889. The second kappa shape index (κ2) is 11.2. The standard InChI is InChI=1S/C25H25NO3S/c1-2-29-25(28)23(17-19-9-5-3-6-10-19)24(27)26-21-13-15-22(16-14-21)30-18-20-11-7-4-8-12-20/h3-16,23H,2,17-18H2,1H3,(H,26,27). The van der Waals surface area contributed by atoms with Gasteiger partial charge >= 0.3 is 5.97 Å². The molecule has 1 atom stereocenters. The number of nitrogens with one attached hydrogen (secondary N) is 1. The van der Waals surface area contributed by atoms with Crippen LogP contribution in [-0.2, 0) is 26.5 Å². The highest BCUT2D eigenvalue weighted by Gasteiger charge is 2.28. The van der Waals surface area contributed by atoms with Crippen LogP contribution in [0.15, 0.2) is 89.8 Å². The molecule has 154 valence electrons. The minimum Gasteiger partial charge on any atom is -0.465 e. The predicted molar refractivity (Wildman–Crippen MR) is 121 cm³/mol. The Balaban J connectivity index is 1.62. The average Bonchev–Trinajstić information content (AvgIpc) is 2.78. The molecule has 0 radical (unpaired) electrons. The summed E-state index contributed by atoms with van der Waals surface area (Å²) in [6.07, 6.45) is 0.302. The van der Waals surface area contributed by atoms with E-state index in [1.807, 2.05) is 72.8 Å². The zero-order valence-electron chi connectivity index (χ0n) is 16.9. The summed E-state index contributed by atoms with van der Waals surface area (Å²) in [5, 5.41) is 2.85. The number of esters is 1. The maximum Gasteiger partial charge on any atom is 0.318 e. The zero-order valence-corrected chi connectivity index (χ0v) is 17.7. The van der Waals surface area contributed by atoms with Crippen LogP contribution in [0.2, 0.25) is 0 Å². The van der Waals surface area contributed by atoms with Gasteiger partial charge in [0.05, 0.1) is 6.61 Å². The normalized spacial score (nSPS) is 11.5. The predicted octanol–water partition coefficient (Wildman–Crippen LogP) is 5.34. The third kappa shape index (κ3) is 6.49. The van der Waals surface area contributed by atoms with Gasteiger partial charge < -0.3 is 10.1 Å². The van der Waals surface area contributed by atoms with E-state index in [2.05, 4.69) is 17.4 Å². The van der Waals surface area contributed by atoms with Crippen molar-refractivity contribution in [3.8, 4) is 0 Å². The van der Waals surface area contributed by atoms with E-state index in [1.165, 1.54) is 5.56 Å². The van der Waals surface area contributed by atoms with Crippen LogP contribution in [0, 0.1) is 5.92 Å². The lowest BCUT2D eigenvalue weighted by Gasteiger charge is -2.16. The van der Waals surface area contributed by atoms with Crippen LogP contribution in [0.25, 0.3) is 0 Å². The molecular formula is C25H25NO3S. The van der Waals surface area contributed by atoms with E-state index in [4.69, 9.17) is 4.74 Å². The molecule has 30 heavy (non-hydrogen) atoms. The summed E-state index contributed by atoms with van der Waals surface area (Å²) in [6, 6.07) is 27.4. The van der Waals surface area contributed by atoms with Gasteiger partial charge in [-0.05, 0) is 48.7 Å². The average molecular weight is 420 g/mol. The number of benzene rings is 3. The van der Waals surface area contributed by atoms with E-state index in [0.717, 1.165) is 16.2 Å². The van der Waals surface area contributed by atoms with Crippen molar-refractivity contribution in [2.24, 2.45) is 5.92 Å². The number of anilines is 1. The van der Waals surface area contributed by atoms with Crippen molar-refractivity contribution in [1.29, 1.82) is 0 Å². The van der Waals surface area contributed by atoms with Crippen LogP contribution in [0.3, 0.4) is 0 Å². The highest BCUT2D eigenvalue weighted by molar-refractivity contribution is 7.98. The maximum absolute atomic E-state index is 12.8. The second-order valence-corrected chi connectivity index (χ2v) is 7.83. The van der Waals surface area contributed by atoms with Crippen molar-refractivity contribution in [1.82, 2.24) is 0 Å². The molecule has 0 aliphatic rings. The topological polar surface area (TPSA) is 55.4 Å². The summed E-state index contributed by atoms with van der Waals surface area (Å²) in [7, 11) is 0. The first-order chi connectivity index (χ1) is 14.7. The Morgan fingerprint density at radius 3 is 2.07 bits per heavy atom. The molecule has 0 bridgehead atoms. The van der Waals surface area contributed by atoms with Crippen LogP contribution < -0.4 is 5.32 Å². The maximum atomic E-state index is 12.8. The quantitative estimate of drug-likeness (QED) is 0.289. The van der Waals surface area contributed by atoms with E-state index in [1.54, 1.807) is 18.7 Å². The number of carbonyl (C=O) groups excluding carboxylic acids is 2. The van der Waals surface area contributed by atoms with Crippen molar-refractivity contribution in [2.45, 2.75) is 24.0 Å². The zero-order chi connectivity index (χ0) is 21.2. The van der Waals surface area contributed by atoms with Crippen molar-refractivity contribution in [3.05, 3.63) is 96.1 Å². The molecule has 0 aliphatic carbocycles. The Bertz CT molecular complexity index is 943. The van der Waals surface area contributed by atoms with E-state index in [0.29, 0.717) is 12.1 Å². The summed E-state index contributed by atoms with van der Waals surface area (Å²) < 4.78 is 5.13. The molecule has 3 rings (SSSR count). The largest absolute Gasteiger partial charge is 0.465 e. The number of hydrogen-bond acceptors (Lipinski definition) is 4. The molecule has 1 N–H and O–H groups in total. The molecule has 0 spiro atoms. The van der Waals surface area contributed by atoms with Crippen LogP contribution >= 0.6 is 11.8 Å². The van der Waals surface area contributed by atoms with Gasteiger partial charge in [-0.25, -0.2) is 0 Å². The number of hydrogen-bond donors (Lipinski definition) is 1. The van der Waals surface area contributed by atoms with Gasteiger partial charge in [0.15, 0.2) is 0 Å². The van der Waals surface area contributed by atoms with Crippen LogP contribution in [0.1, 0.15) is 18.1 Å². The molecule has 1 amide bonds. The first-order valence-electron chi connectivity index (χ1n) is 9.94. The number of thioether (sulfide) groups is 1. The third-order valence-corrected chi connectivity index (χ3v) is 5.62. The Labute approximate surface area is 181 Å². The molecule has 0 fully saturated rings. The van der Waals surface area contributed by atoms with Crippen molar-refractivity contribution in [2.75, 3.05) is 11.9 Å². The second-order valence-electron chi connectivity index (χ2n) is 6.78. The minimum absolute atomic E-state index is 0.241. The van der Waals surface area contributed by atoms with E-state index < -0.39 is 11.9 Å². The van der Waals surface area contributed by atoms with Gasteiger partial charge in [0.1, 0.15) is 5.92 Å². The van der Waals surface area contributed by atoms with Crippen molar-refractivity contribution >= 4 is 29.3 Å². The molecule has 3 aromatic carbocycles. The smallest absolute Gasteiger partial charge is 0.318 e. The first-order valence-corrected chi connectivity index (χ1v) is 10.9. The lowest BCUT2D eigenvalue weighted by atomic mass is 9.98. The van der Waals surface area contributed by atoms with E-state index >= 15 is 0 Å². The Kier molecular flexibility index (Phi) is 8.10. The highest BCUT2D eigenvalue weighted by Crippen LogP contribution is 2.24. The SMILES string of the molecule is CCOC(=O)C(Cc1ccccc1)C(=O)Nc1ccc(SCc2ccccc2)cc1. The molecule has 1 unspecified atom stereocenters. The fourth-order valence-corrected chi connectivity index (χ4v) is 3.83. The molecular weight excluding hydrogens is 394 g/mol. The van der Waals surface area contributed by atoms with Gasteiger partial charge in [0.2, 0.25) is 5.91 Å². The molecule has 3 aromatic rings. The summed E-state index contributed by atoms with van der Waals surface area (Å²) in [6.45, 7) is 1.98. The molecule has 4 nitrogen and oxygen atoms in total. The lowest BCUT2D eigenvalue weighted by Crippen LogP contribution is -2.33. The number of ether oxygens (including phenoxy) is 1. The third-order valence-electron chi connectivity index (χ3n) is 4.54. The Morgan fingerprint density at radius 2 is 1.47 bits per heavy atom. The molecule has 0 saturated heterocycles. The van der Waals surface area contributed by atoms with Gasteiger partial charge in [-0.2, -0.15) is 0 Å². The number of carbonyl (C=O) groups is 2. The summed E-state index contributed by atoms with van der Waals surface area (Å²) in [4.78, 5) is 26.3. The molecule has 5 heteroatoms. The van der Waals surface area contributed by atoms with Crippen LogP contribution in [0.5, 0.6) is 0 Å². The molecule has 0 saturated carbocycles. The molecule has 0 aliphatic heterocycles. The first kappa shape index (κ1) is 21.7. The van der Waals surface area contributed by atoms with Gasteiger partial charge in [0, 0.05) is 16.3 Å². The molecule has 0 aromatic heterocycles. The number of rotatable bonds is 9. The van der Waals surface area contributed by atoms with Crippen molar-refractivity contribution in [3.63, 3.8) is 0 Å². The van der Waals surface area contributed by atoms with Gasteiger partial charge in [0.25, 0.3) is 0 Å². The monoisotopic (exact) mass is 419 g/mol. The van der Waals surface area contributed by atoms with Gasteiger partial charge in [-0.15, -0.1) is 11.8 Å². The fraction of sp³-hybridized carbons (Fsp3) is 0.200. The Morgan fingerprint density at radius 1 is 0.867 bits per heavy atom. The molecule has 0 heterocycles.